The van der Waals surface area contributed by atoms with E-state index in [0.717, 1.165) is 45.2 Å². The fraction of sp³-hybridized carbons (Fsp3) is 0.789. The SMILES string of the molecule is CC[C@H](OC1CCCCC1)C(=O)N1CC[C@H](Cc2cnn(C)c2)C1. The Labute approximate surface area is 145 Å². The number of rotatable bonds is 6. The van der Waals surface area contributed by atoms with E-state index in [9.17, 15) is 4.79 Å². The van der Waals surface area contributed by atoms with Gasteiger partial charge in [0, 0.05) is 26.3 Å². The molecule has 0 radical (unpaired) electrons. The van der Waals surface area contributed by atoms with Gasteiger partial charge in [0.05, 0.1) is 12.3 Å². The second-order valence-electron chi connectivity index (χ2n) is 7.46. The number of carbonyl (C=O) groups excluding carboxylic acids is 1. The van der Waals surface area contributed by atoms with Crippen LogP contribution >= 0.6 is 0 Å². The molecule has 134 valence electrons. The molecule has 1 aromatic rings. The van der Waals surface area contributed by atoms with Crippen LogP contribution < -0.4 is 0 Å². The van der Waals surface area contributed by atoms with Crippen molar-refractivity contribution >= 4 is 5.91 Å². The molecule has 1 saturated heterocycles. The monoisotopic (exact) mass is 333 g/mol. The normalized spacial score (nSPS) is 23.6. The van der Waals surface area contributed by atoms with Crippen LogP contribution in [0.25, 0.3) is 0 Å². The van der Waals surface area contributed by atoms with Gasteiger partial charge in [-0.1, -0.05) is 26.2 Å². The van der Waals surface area contributed by atoms with Gasteiger partial charge < -0.3 is 9.64 Å². The average Bonchev–Trinajstić information content (AvgIpc) is 3.22. The van der Waals surface area contributed by atoms with E-state index in [0.29, 0.717) is 12.0 Å². The number of aromatic nitrogens is 2. The van der Waals surface area contributed by atoms with Gasteiger partial charge in [-0.15, -0.1) is 0 Å². The summed E-state index contributed by atoms with van der Waals surface area (Å²) in [5.41, 5.74) is 1.27. The molecule has 1 aromatic heterocycles. The summed E-state index contributed by atoms with van der Waals surface area (Å²) in [5.74, 6) is 0.752. The molecule has 2 aliphatic rings. The molecule has 2 atom stereocenters. The summed E-state index contributed by atoms with van der Waals surface area (Å²) in [6.45, 7) is 3.79. The Bertz CT molecular complexity index is 536. The molecule has 0 aromatic carbocycles. The number of hydrogen-bond acceptors (Lipinski definition) is 3. The van der Waals surface area contributed by atoms with Crippen LogP contribution in [0.3, 0.4) is 0 Å². The predicted octanol–water partition coefficient (Wildman–Crippen LogP) is 2.94. The summed E-state index contributed by atoms with van der Waals surface area (Å²) in [5, 5.41) is 4.24. The third kappa shape index (κ3) is 4.38. The Morgan fingerprint density at radius 2 is 2.12 bits per heavy atom. The highest BCUT2D eigenvalue weighted by Gasteiger charge is 2.32. The van der Waals surface area contributed by atoms with Crippen molar-refractivity contribution in [3.05, 3.63) is 18.0 Å². The van der Waals surface area contributed by atoms with Gasteiger partial charge in [0.2, 0.25) is 0 Å². The summed E-state index contributed by atoms with van der Waals surface area (Å²) in [4.78, 5) is 14.9. The van der Waals surface area contributed by atoms with E-state index >= 15 is 0 Å². The summed E-state index contributed by atoms with van der Waals surface area (Å²) in [7, 11) is 1.95. The number of hydrogen-bond donors (Lipinski definition) is 0. The van der Waals surface area contributed by atoms with Gasteiger partial charge in [0.15, 0.2) is 0 Å². The highest BCUT2D eigenvalue weighted by atomic mass is 16.5. The number of amides is 1. The van der Waals surface area contributed by atoms with Crippen molar-refractivity contribution in [2.24, 2.45) is 13.0 Å². The van der Waals surface area contributed by atoms with Crippen molar-refractivity contribution in [1.29, 1.82) is 0 Å². The summed E-state index contributed by atoms with van der Waals surface area (Å²) in [6.07, 6.45) is 13.0. The van der Waals surface area contributed by atoms with E-state index in [1.165, 1.54) is 24.8 Å². The number of aryl methyl sites for hydroxylation is 1. The van der Waals surface area contributed by atoms with E-state index in [-0.39, 0.29) is 12.0 Å². The van der Waals surface area contributed by atoms with Gasteiger partial charge in [0.1, 0.15) is 6.10 Å². The molecular weight excluding hydrogens is 302 g/mol. The van der Waals surface area contributed by atoms with Crippen LogP contribution in [0.1, 0.15) is 57.4 Å². The molecule has 24 heavy (non-hydrogen) atoms. The van der Waals surface area contributed by atoms with E-state index in [1.54, 1.807) is 0 Å². The highest BCUT2D eigenvalue weighted by Crippen LogP contribution is 2.25. The molecule has 2 heterocycles. The number of likely N-dealkylation sites (tertiary alicyclic amines) is 1. The van der Waals surface area contributed by atoms with Crippen LogP contribution in [0, 0.1) is 5.92 Å². The maximum atomic E-state index is 12.8. The Hall–Kier alpha value is -1.36. The minimum Gasteiger partial charge on any atom is -0.365 e. The molecule has 1 aliphatic heterocycles. The molecule has 1 aliphatic carbocycles. The molecule has 0 unspecified atom stereocenters. The molecule has 2 fully saturated rings. The fourth-order valence-electron chi connectivity index (χ4n) is 4.08. The zero-order valence-corrected chi connectivity index (χ0v) is 15.1. The van der Waals surface area contributed by atoms with E-state index in [2.05, 4.69) is 18.2 Å². The van der Waals surface area contributed by atoms with Crippen LogP contribution in [-0.4, -0.2) is 45.9 Å². The Balaban J connectivity index is 1.50. The lowest BCUT2D eigenvalue weighted by molar-refractivity contribution is -0.148. The maximum absolute atomic E-state index is 12.8. The van der Waals surface area contributed by atoms with Crippen molar-refractivity contribution in [2.75, 3.05) is 13.1 Å². The molecule has 5 nitrogen and oxygen atoms in total. The number of ether oxygens (including phenoxy) is 1. The molecule has 3 rings (SSSR count). The predicted molar refractivity (Wildman–Crippen MR) is 93.6 cm³/mol. The molecular formula is C19H31N3O2. The second-order valence-corrected chi connectivity index (χ2v) is 7.46. The van der Waals surface area contributed by atoms with Crippen LogP contribution in [0.2, 0.25) is 0 Å². The van der Waals surface area contributed by atoms with E-state index < -0.39 is 0 Å². The summed E-state index contributed by atoms with van der Waals surface area (Å²) in [6, 6.07) is 0. The lowest BCUT2D eigenvalue weighted by Gasteiger charge is -2.29. The molecule has 0 N–H and O–H groups in total. The van der Waals surface area contributed by atoms with Crippen molar-refractivity contribution in [3.8, 4) is 0 Å². The molecule has 0 spiro atoms. The van der Waals surface area contributed by atoms with Crippen LogP contribution in [0.15, 0.2) is 12.4 Å². The largest absolute Gasteiger partial charge is 0.365 e. The van der Waals surface area contributed by atoms with Crippen LogP contribution in [0.5, 0.6) is 0 Å². The topological polar surface area (TPSA) is 47.4 Å². The first-order valence-electron chi connectivity index (χ1n) is 9.57. The first kappa shape index (κ1) is 17.5. The third-order valence-electron chi connectivity index (χ3n) is 5.44. The first-order valence-corrected chi connectivity index (χ1v) is 9.57. The van der Waals surface area contributed by atoms with Crippen molar-refractivity contribution in [1.82, 2.24) is 14.7 Å². The minimum absolute atomic E-state index is 0.205. The van der Waals surface area contributed by atoms with Gasteiger partial charge >= 0.3 is 0 Å². The molecule has 0 bridgehead atoms. The van der Waals surface area contributed by atoms with Gasteiger partial charge in [-0.25, -0.2) is 0 Å². The van der Waals surface area contributed by atoms with Gasteiger partial charge in [-0.05, 0) is 43.6 Å². The van der Waals surface area contributed by atoms with Gasteiger partial charge in [-0.2, -0.15) is 5.10 Å². The van der Waals surface area contributed by atoms with Crippen molar-refractivity contribution in [3.63, 3.8) is 0 Å². The third-order valence-corrected chi connectivity index (χ3v) is 5.44. The second kappa shape index (κ2) is 8.15. The summed E-state index contributed by atoms with van der Waals surface area (Å²) < 4.78 is 8.01. The lowest BCUT2D eigenvalue weighted by Crippen LogP contribution is -2.41. The highest BCUT2D eigenvalue weighted by molar-refractivity contribution is 5.81. The van der Waals surface area contributed by atoms with Crippen molar-refractivity contribution in [2.45, 2.75) is 70.5 Å². The molecule has 1 amide bonds. The van der Waals surface area contributed by atoms with Gasteiger partial charge in [-0.3, -0.25) is 9.48 Å². The zero-order valence-electron chi connectivity index (χ0n) is 15.1. The first-order chi connectivity index (χ1) is 11.7. The fourth-order valence-corrected chi connectivity index (χ4v) is 4.08. The Morgan fingerprint density at radius 3 is 2.79 bits per heavy atom. The van der Waals surface area contributed by atoms with Crippen LogP contribution in [-0.2, 0) is 23.0 Å². The van der Waals surface area contributed by atoms with Crippen molar-refractivity contribution < 1.29 is 9.53 Å². The number of carbonyl (C=O) groups is 1. The maximum Gasteiger partial charge on any atom is 0.251 e. The smallest absolute Gasteiger partial charge is 0.251 e. The Kier molecular flexibility index (Phi) is 5.93. The number of nitrogens with zero attached hydrogens (tertiary/aromatic N) is 3. The average molecular weight is 333 g/mol. The minimum atomic E-state index is -0.245. The standard InChI is InChI=1S/C19H31N3O2/c1-3-18(24-17-7-5-4-6-8-17)19(23)22-10-9-15(14-22)11-16-12-20-21(2)13-16/h12-13,15,17-18H,3-11,14H2,1-2H3/t15-,18+/m1/s1. The van der Waals surface area contributed by atoms with Crippen LogP contribution in [0.4, 0.5) is 0 Å². The molecule has 1 saturated carbocycles. The van der Waals surface area contributed by atoms with E-state index in [1.807, 2.05) is 22.8 Å². The Morgan fingerprint density at radius 1 is 1.33 bits per heavy atom. The zero-order chi connectivity index (χ0) is 16.9. The summed E-state index contributed by atoms with van der Waals surface area (Å²) >= 11 is 0. The lowest BCUT2D eigenvalue weighted by atomic mass is 9.97. The van der Waals surface area contributed by atoms with E-state index in [4.69, 9.17) is 4.74 Å². The molecule has 5 heteroatoms. The van der Waals surface area contributed by atoms with Gasteiger partial charge in [0.25, 0.3) is 5.91 Å². The quantitative estimate of drug-likeness (QED) is 0.804.